The van der Waals surface area contributed by atoms with Crippen molar-refractivity contribution in [1.82, 2.24) is 9.21 Å². The average molecular weight is 362 g/mol. The van der Waals surface area contributed by atoms with Gasteiger partial charge in [0.1, 0.15) is 5.58 Å². The largest absolute Gasteiger partial charge is 0.464 e. The molecule has 0 atom stereocenters. The Labute approximate surface area is 145 Å². The van der Waals surface area contributed by atoms with Crippen molar-refractivity contribution in [3.05, 3.63) is 41.7 Å². The van der Waals surface area contributed by atoms with Crippen LogP contribution in [0.15, 0.2) is 51.0 Å². The maximum Gasteiger partial charge on any atom is 0.243 e. The average Bonchev–Trinajstić information content (AvgIpc) is 3.28. The summed E-state index contributed by atoms with van der Waals surface area (Å²) >= 11 is 0. The first-order valence-corrected chi connectivity index (χ1v) is 9.49. The summed E-state index contributed by atoms with van der Waals surface area (Å²) in [6, 6.07) is 6.58. The number of rotatable bonds is 4. The van der Waals surface area contributed by atoms with E-state index in [-0.39, 0.29) is 23.8 Å². The highest BCUT2D eigenvalue weighted by molar-refractivity contribution is 7.89. The maximum atomic E-state index is 12.9. The molecule has 1 aromatic heterocycles. The van der Waals surface area contributed by atoms with Crippen LogP contribution in [0.3, 0.4) is 0 Å². The molecule has 2 aliphatic heterocycles. The van der Waals surface area contributed by atoms with E-state index >= 15 is 0 Å². The molecule has 0 unspecified atom stereocenters. The molecule has 1 N–H and O–H groups in total. The lowest BCUT2D eigenvalue weighted by Gasteiger charge is -2.22. The normalized spacial score (nSPS) is 18.4. The van der Waals surface area contributed by atoms with Crippen LogP contribution in [0.2, 0.25) is 0 Å². The zero-order valence-electron chi connectivity index (χ0n) is 13.5. The van der Waals surface area contributed by atoms with E-state index in [1.807, 2.05) is 0 Å². The molecule has 0 aliphatic carbocycles. The Hall–Kier alpha value is -2.16. The fraction of sp³-hybridized carbons (Fsp3) is 0.353. The predicted octanol–water partition coefficient (Wildman–Crippen LogP) is 0.958. The van der Waals surface area contributed by atoms with Crippen molar-refractivity contribution in [3.63, 3.8) is 0 Å². The van der Waals surface area contributed by atoms with Crippen LogP contribution in [0.5, 0.6) is 0 Å². The van der Waals surface area contributed by atoms with E-state index in [2.05, 4.69) is 0 Å². The van der Waals surface area contributed by atoms with Gasteiger partial charge in [0.05, 0.1) is 17.8 Å². The fourth-order valence-electron chi connectivity index (χ4n) is 3.40. The summed E-state index contributed by atoms with van der Waals surface area (Å²) in [6.07, 6.45) is 1.64. The lowest BCUT2D eigenvalue weighted by Crippen LogP contribution is -2.36. The third-order valence-electron chi connectivity index (χ3n) is 4.74. The highest BCUT2D eigenvalue weighted by atomic mass is 32.2. The van der Waals surface area contributed by atoms with Crippen molar-refractivity contribution >= 4 is 26.9 Å². The molecule has 3 heterocycles. The second-order valence-corrected chi connectivity index (χ2v) is 8.26. The second-order valence-electron chi connectivity index (χ2n) is 6.32. The molecule has 2 aliphatic rings. The first-order valence-electron chi connectivity index (χ1n) is 8.05. The summed E-state index contributed by atoms with van der Waals surface area (Å²) in [6.45, 7) is 1.34. The SMILES string of the molecule is O=C(CCO)N1CC2=C(C1)CN(S(=O)(=O)c1ccc3occc3c1)C2. The van der Waals surface area contributed by atoms with E-state index in [4.69, 9.17) is 9.52 Å². The van der Waals surface area contributed by atoms with E-state index in [9.17, 15) is 13.2 Å². The summed E-state index contributed by atoms with van der Waals surface area (Å²) in [7, 11) is -3.59. The standard InChI is InChI=1S/C17H18N2O5S/c20-5-3-17(21)18-8-13-10-19(11-14(13)9-18)25(22,23)15-1-2-16-12(7-15)4-6-24-16/h1-2,4,6-7,20H,3,5,8-11H2. The van der Waals surface area contributed by atoms with E-state index in [1.54, 1.807) is 29.2 Å². The molecular weight excluding hydrogens is 344 g/mol. The summed E-state index contributed by atoms with van der Waals surface area (Å²) in [4.78, 5) is 13.8. The van der Waals surface area contributed by atoms with Crippen molar-refractivity contribution in [1.29, 1.82) is 0 Å². The smallest absolute Gasteiger partial charge is 0.243 e. The van der Waals surface area contributed by atoms with Crippen LogP contribution < -0.4 is 0 Å². The molecule has 8 heteroatoms. The molecule has 25 heavy (non-hydrogen) atoms. The Bertz CT molecular complexity index is 958. The Morgan fingerprint density at radius 1 is 1.12 bits per heavy atom. The third-order valence-corrected chi connectivity index (χ3v) is 6.53. The predicted molar refractivity (Wildman–Crippen MR) is 90.3 cm³/mol. The minimum atomic E-state index is -3.59. The number of nitrogens with zero attached hydrogens (tertiary/aromatic N) is 2. The number of hydrogen-bond acceptors (Lipinski definition) is 5. The number of amides is 1. The number of furan rings is 1. The molecule has 1 aromatic carbocycles. The molecule has 7 nitrogen and oxygen atoms in total. The van der Waals surface area contributed by atoms with Crippen LogP contribution >= 0.6 is 0 Å². The molecule has 132 valence electrons. The Kier molecular flexibility index (Phi) is 3.90. The molecule has 0 saturated heterocycles. The molecule has 0 radical (unpaired) electrons. The number of aliphatic hydroxyl groups is 1. The lowest BCUT2D eigenvalue weighted by atomic mass is 10.2. The molecule has 2 aromatic rings. The Morgan fingerprint density at radius 3 is 2.52 bits per heavy atom. The quantitative estimate of drug-likeness (QED) is 0.818. The van der Waals surface area contributed by atoms with Gasteiger partial charge in [0.2, 0.25) is 15.9 Å². The summed E-state index contributed by atoms with van der Waals surface area (Å²) in [5, 5.41) is 9.63. The third kappa shape index (κ3) is 2.76. The molecule has 0 saturated carbocycles. The molecule has 0 fully saturated rings. The van der Waals surface area contributed by atoms with Crippen molar-refractivity contribution in [3.8, 4) is 0 Å². The van der Waals surface area contributed by atoms with Gasteiger partial charge in [0.25, 0.3) is 0 Å². The van der Waals surface area contributed by atoms with Gasteiger partial charge in [0, 0.05) is 38.0 Å². The van der Waals surface area contributed by atoms with E-state index in [0.29, 0.717) is 31.8 Å². The molecule has 0 bridgehead atoms. The van der Waals surface area contributed by atoms with Gasteiger partial charge in [-0.15, -0.1) is 0 Å². The maximum absolute atomic E-state index is 12.9. The highest BCUT2D eigenvalue weighted by Gasteiger charge is 2.37. The van der Waals surface area contributed by atoms with Crippen molar-refractivity contribution in [2.24, 2.45) is 0 Å². The zero-order valence-corrected chi connectivity index (χ0v) is 14.3. The molecule has 0 spiro atoms. The van der Waals surface area contributed by atoms with Gasteiger partial charge in [-0.2, -0.15) is 4.31 Å². The van der Waals surface area contributed by atoms with Gasteiger partial charge in [-0.3, -0.25) is 4.79 Å². The highest BCUT2D eigenvalue weighted by Crippen LogP contribution is 2.31. The van der Waals surface area contributed by atoms with Gasteiger partial charge < -0.3 is 14.4 Å². The first kappa shape index (κ1) is 16.3. The number of carbonyl (C=O) groups is 1. The lowest BCUT2D eigenvalue weighted by molar-refractivity contribution is -0.130. The molecule has 1 amide bonds. The number of aliphatic hydroxyl groups excluding tert-OH is 1. The minimum Gasteiger partial charge on any atom is -0.464 e. The van der Waals surface area contributed by atoms with E-state index in [1.165, 1.54) is 10.6 Å². The van der Waals surface area contributed by atoms with Crippen molar-refractivity contribution in [2.45, 2.75) is 11.3 Å². The number of carbonyl (C=O) groups excluding carboxylic acids is 1. The van der Waals surface area contributed by atoms with E-state index < -0.39 is 10.0 Å². The minimum absolute atomic E-state index is 0.100. The monoisotopic (exact) mass is 362 g/mol. The van der Waals surface area contributed by atoms with Gasteiger partial charge >= 0.3 is 0 Å². The summed E-state index contributed by atoms with van der Waals surface area (Å²) < 4.78 is 32.5. The molecule has 4 rings (SSSR count). The fourth-order valence-corrected chi connectivity index (χ4v) is 4.87. The van der Waals surface area contributed by atoms with Gasteiger partial charge in [-0.1, -0.05) is 0 Å². The summed E-state index contributed by atoms with van der Waals surface area (Å²) in [5.41, 5.74) is 2.62. The number of sulfonamides is 1. The van der Waals surface area contributed by atoms with Crippen LogP contribution in [0.1, 0.15) is 6.42 Å². The Morgan fingerprint density at radius 2 is 1.84 bits per heavy atom. The van der Waals surface area contributed by atoms with Gasteiger partial charge in [-0.05, 0) is 35.4 Å². The van der Waals surface area contributed by atoms with Crippen LogP contribution in [0.4, 0.5) is 0 Å². The van der Waals surface area contributed by atoms with Gasteiger partial charge in [-0.25, -0.2) is 8.42 Å². The first-order chi connectivity index (χ1) is 12.0. The topological polar surface area (TPSA) is 91.1 Å². The van der Waals surface area contributed by atoms with Gasteiger partial charge in [0.15, 0.2) is 0 Å². The number of benzene rings is 1. The van der Waals surface area contributed by atoms with E-state index in [0.717, 1.165) is 16.5 Å². The van der Waals surface area contributed by atoms with Crippen molar-refractivity contribution in [2.75, 3.05) is 32.8 Å². The summed E-state index contributed by atoms with van der Waals surface area (Å²) in [5.74, 6) is -0.100. The molecular formula is C17H18N2O5S. The Balaban J connectivity index is 1.50. The number of fused-ring (bicyclic) bond motifs is 1. The van der Waals surface area contributed by atoms with Crippen LogP contribution in [0.25, 0.3) is 11.0 Å². The second kappa shape index (κ2) is 5.98. The van der Waals surface area contributed by atoms with Crippen molar-refractivity contribution < 1.29 is 22.7 Å². The number of hydrogen-bond donors (Lipinski definition) is 1. The van der Waals surface area contributed by atoms with Crippen LogP contribution in [-0.4, -0.2) is 61.4 Å². The van der Waals surface area contributed by atoms with Crippen LogP contribution in [-0.2, 0) is 14.8 Å². The zero-order chi connectivity index (χ0) is 17.6. The van der Waals surface area contributed by atoms with Crippen LogP contribution in [0, 0.1) is 0 Å².